The lowest BCUT2D eigenvalue weighted by Crippen LogP contribution is -2.14. The van der Waals surface area contributed by atoms with E-state index in [0.717, 1.165) is 22.6 Å². The molecule has 1 amide bonds. The molecule has 0 aliphatic heterocycles. The Morgan fingerprint density at radius 1 is 0.857 bits per heavy atom. The molecule has 2 aromatic heterocycles. The molecule has 0 aliphatic carbocycles. The van der Waals surface area contributed by atoms with Crippen LogP contribution in [0.2, 0.25) is 5.15 Å². The number of nitrogens with one attached hydrogen (secondary N) is 1. The highest BCUT2D eigenvalue weighted by molar-refractivity contribution is 6.30. The molecule has 12 heteroatoms. The fourth-order valence-corrected chi connectivity index (χ4v) is 3.81. The highest BCUT2D eigenvalue weighted by atomic mass is 35.5. The van der Waals surface area contributed by atoms with Crippen LogP contribution in [0.5, 0.6) is 0 Å². The fraction of sp³-hybridized carbons (Fsp3) is 0.0870. The lowest BCUT2D eigenvalue weighted by atomic mass is 10.1. The minimum absolute atomic E-state index is 0.0438. The largest absolute Gasteiger partial charge is 0.418 e. The van der Waals surface area contributed by atoms with Gasteiger partial charge in [-0.3, -0.25) is 9.20 Å². The van der Waals surface area contributed by atoms with E-state index in [0.29, 0.717) is 18.2 Å². The molecule has 4 rings (SSSR count). The number of rotatable bonds is 3. The molecule has 2 aromatic carbocycles. The second-order valence-corrected chi connectivity index (χ2v) is 7.75. The van der Waals surface area contributed by atoms with Crippen LogP contribution < -0.4 is 5.32 Å². The Bertz CT molecular complexity index is 1440. The number of nitrogens with zero attached hydrogens (tertiary/aromatic N) is 1. The van der Waals surface area contributed by atoms with Crippen LogP contribution in [0.3, 0.4) is 0 Å². The highest BCUT2D eigenvalue weighted by Crippen LogP contribution is 2.42. The van der Waals surface area contributed by atoms with E-state index in [-0.39, 0.29) is 11.3 Å². The van der Waals surface area contributed by atoms with Crippen LogP contribution in [0.1, 0.15) is 21.5 Å². The van der Waals surface area contributed by atoms with Crippen molar-refractivity contribution in [3.63, 3.8) is 0 Å². The Balaban J connectivity index is 1.76. The molecule has 2 heterocycles. The van der Waals surface area contributed by atoms with Crippen molar-refractivity contribution in [2.45, 2.75) is 12.4 Å². The number of hydrogen-bond acceptors (Lipinski definition) is 1. The van der Waals surface area contributed by atoms with Gasteiger partial charge in [-0.2, -0.15) is 26.3 Å². The van der Waals surface area contributed by atoms with Crippen molar-refractivity contribution in [3.05, 3.63) is 94.1 Å². The quantitative estimate of drug-likeness (QED) is 0.218. The minimum atomic E-state index is -4.93. The standard InChI is InChI=1S/C23H11ClF8N2O/c24-18-9-12(22(27,28)29)8-14-10-16(23(30,31)32)20(34(14)18)11-4-6-13(7-5-11)33-21(35)15-2-1-3-17(25)19(15)26/h1-10H,(H,33,35). The fourth-order valence-electron chi connectivity index (χ4n) is 3.51. The van der Waals surface area contributed by atoms with Gasteiger partial charge in [0.15, 0.2) is 11.6 Å². The molecule has 0 aliphatic rings. The third kappa shape index (κ3) is 4.68. The van der Waals surface area contributed by atoms with Crippen LogP contribution in [0, 0.1) is 11.6 Å². The molecular formula is C23H11ClF8N2O. The Morgan fingerprint density at radius 3 is 2.11 bits per heavy atom. The summed E-state index contributed by atoms with van der Waals surface area (Å²) >= 11 is 5.95. The van der Waals surface area contributed by atoms with E-state index in [2.05, 4.69) is 5.32 Å². The van der Waals surface area contributed by atoms with Crippen LogP contribution in [0.4, 0.5) is 40.8 Å². The van der Waals surface area contributed by atoms with Gasteiger partial charge >= 0.3 is 12.4 Å². The first-order valence-electron chi connectivity index (χ1n) is 9.62. The predicted octanol–water partition coefficient (Wildman–Crippen LogP) is 7.83. The lowest BCUT2D eigenvalue weighted by molar-refractivity contribution is -0.138. The normalized spacial score (nSPS) is 12.3. The highest BCUT2D eigenvalue weighted by Gasteiger charge is 2.38. The number of alkyl halides is 6. The van der Waals surface area contributed by atoms with E-state index in [1.807, 2.05) is 0 Å². The van der Waals surface area contributed by atoms with E-state index in [1.165, 1.54) is 24.3 Å². The first kappa shape index (κ1) is 24.5. The monoisotopic (exact) mass is 518 g/mol. The Hall–Kier alpha value is -3.60. The maximum absolute atomic E-state index is 13.8. The number of anilines is 1. The molecule has 0 saturated heterocycles. The van der Waals surface area contributed by atoms with Gasteiger partial charge in [-0.25, -0.2) is 8.78 Å². The van der Waals surface area contributed by atoms with Crippen LogP contribution in [-0.2, 0) is 12.4 Å². The number of carbonyl (C=O) groups excluding carboxylic acids is 1. The number of carbonyl (C=O) groups is 1. The Morgan fingerprint density at radius 2 is 1.51 bits per heavy atom. The third-order valence-corrected chi connectivity index (χ3v) is 5.34. The third-order valence-electron chi connectivity index (χ3n) is 5.07. The van der Waals surface area contributed by atoms with Gasteiger partial charge < -0.3 is 5.32 Å². The van der Waals surface area contributed by atoms with Crippen molar-refractivity contribution in [2.24, 2.45) is 0 Å². The molecular weight excluding hydrogens is 508 g/mol. The zero-order chi connectivity index (χ0) is 25.7. The van der Waals surface area contributed by atoms with E-state index in [1.54, 1.807) is 0 Å². The van der Waals surface area contributed by atoms with Gasteiger partial charge in [0.2, 0.25) is 0 Å². The molecule has 0 radical (unpaired) electrons. The van der Waals surface area contributed by atoms with Crippen LogP contribution in [-0.4, -0.2) is 10.3 Å². The Labute approximate surface area is 196 Å². The number of hydrogen-bond donors (Lipinski definition) is 1. The smallest absolute Gasteiger partial charge is 0.322 e. The summed E-state index contributed by atoms with van der Waals surface area (Å²) in [5.74, 6) is -3.61. The van der Waals surface area contributed by atoms with Crippen molar-refractivity contribution in [3.8, 4) is 11.3 Å². The van der Waals surface area contributed by atoms with Gasteiger partial charge in [-0.1, -0.05) is 29.8 Å². The van der Waals surface area contributed by atoms with Gasteiger partial charge in [0.05, 0.1) is 22.4 Å². The molecule has 1 N–H and O–H groups in total. The zero-order valence-electron chi connectivity index (χ0n) is 17.0. The number of benzene rings is 2. The molecule has 0 saturated carbocycles. The SMILES string of the molecule is O=C(Nc1ccc(-c2c(C(F)(F)F)cc3cc(C(F)(F)F)cc(Cl)n23)cc1)c1cccc(F)c1F. The summed E-state index contributed by atoms with van der Waals surface area (Å²) in [6.45, 7) is 0. The molecule has 0 unspecified atom stereocenters. The van der Waals surface area contributed by atoms with Crippen molar-refractivity contribution in [1.82, 2.24) is 4.40 Å². The number of amides is 1. The molecule has 3 nitrogen and oxygen atoms in total. The second-order valence-electron chi connectivity index (χ2n) is 7.36. The van der Waals surface area contributed by atoms with E-state index in [4.69, 9.17) is 11.6 Å². The molecule has 0 bridgehead atoms. The average Bonchev–Trinajstić information content (AvgIpc) is 3.16. The zero-order valence-corrected chi connectivity index (χ0v) is 17.8. The summed E-state index contributed by atoms with van der Waals surface area (Å²) < 4.78 is 109. The number of pyridine rings is 1. The van der Waals surface area contributed by atoms with E-state index in [9.17, 15) is 39.9 Å². The van der Waals surface area contributed by atoms with E-state index < -0.39 is 62.9 Å². The molecule has 0 atom stereocenters. The second kappa shape index (κ2) is 8.56. The lowest BCUT2D eigenvalue weighted by Gasteiger charge is -2.13. The molecule has 0 spiro atoms. The average molecular weight is 519 g/mol. The van der Waals surface area contributed by atoms with Crippen molar-refractivity contribution >= 4 is 28.7 Å². The minimum Gasteiger partial charge on any atom is -0.322 e. The van der Waals surface area contributed by atoms with Crippen LogP contribution >= 0.6 is 11.6 Å². The molecule has 35 heavy (non-hydrogen) atoms. The molecule has 182 valence electrons. The molecule has 4 aromatic rings. The number of fused-ring (bicyclic) bond motifs is 1. The first-order valence-corrected chi connectivity index (χ1v) is 10.0. The Kier molecular flexibility index (Phi) is 6.00. The maximum atomic E-state index is 13.8. The number of aromatic nitrogens is 1. The van der Waals surface area contributed by atoms with Gasteiger partial charge in [-0.05, 0) is 48.0 Å². The summed E-state index contributed by atoms with van der Waals surface area (Å²) in [4.78, 5) is 12.2. The van der Waals surface area contributed by atoms with Crippen LogP contribution in [0.25, 0.3) is 16.8 Å². The van der Waals surface area contributed by atoms with Gasteiger partial charge in [0.25, 0.3) is 5.91 Å². The topological polar surface area (TPSA) is 33.5 Å². The van der Waals surface area contributed by atoms with Crippen LogP contribution in [0.15, 0.2) is 60.7 Å². The summed E-state index contributed by atoms with van der Waals surface area (Å²) in [6, 6.07) is 9.34. The first-order chi connectivity index (χ1) is 16.3. The predicted molar refractivity (Wildman–Crippen MR) is 112 cm³/mol. The van der Waals surface area contributed by atoms with Crippen molar-refractivity contribution in [2.75, 3.05) is 5.32 Å². The van der Waals surface area contributed by atoms with Gasteiger partial charge in [0, 0.05) is 11.2 Å². The number of halogens is 9. The summed E-state index contributed by atoms with van der Waals surface area (Å²) in [5.41, 5.74) is -3.99. The molecule has 0 fully saturated rings. The summed E-state index contributed by atoms with van der Waals surface area (Å²) in [5, 5.41) is 1.69. The maximum Gasteiger partial charge on any atom is 0.418 e. The van der Waals surface area contributed by atoms with Gasteiger partial charge in [-0.15, -0.1) is 0 Å². The van der Waals surface area contributed by atoms with Crippen molar-refractivity contribution in [1.29, 1.82) is 0 Å². The van der Waals surface area contributed by atoms with Gasteiger partial charge in [0.1, 0.15) is 5.15 Å². The van der Waals surface area contributed by atoms with E-state index >= 15 is 0 Å². The van der Waals surface area contributed by atoms with Crippen molar-refractivity contribution < 1.29 is 39.9 Å². The summed E-state index contributed by atoms with van der Waals surface area (Å²) in [6.07, 6.45) is -9.75. The summed E-state index contributed by atoms with van der Waals surface area (Å²) in [7, 11) is 0.